The van der Waals surface area contributed by atoms with Crippen molar-refractivity contribution in [1.82, 2.24) is 9.55 Å². The molecule has 6 nitrogen and oxygen atoms in total. The fourth-order valence-electron chi connectivity index (χ4n) is 3.84. The quantitative estimate of drug-likeness (QED) is 0.783. The predicted molar refractivity (Wildman–Crippen MR) is 112 cm³/mol. The van der Waals surface area contributed by atoms with Crippen molar-refractivity contribution in [2.45, 2.75) is 66.0 Å². The number of fused-ring (bicyclic) bond motifs is 1. The summed E-state index contributed by atoms with van der Waals surface area (Å²) >= 11 is 0. The molecule has 0 fully saturated rings. The molecule has 0 unspecified atom stereocenters. The maximum atomic E-state index is 13.2. The van der Waals surface area contributed by atoms with E-state index in [1.165, 1.54) is 0 Å². The van der Waals surface area contributed by atoms with E-state index < -0.39 is 0 Å². The summed E-state index contributed by atoms with van der Waals surface area (Å²) in [4.78, 5) is 30.1. The van der Waals surface area contributed by atoms with Gasteiger partial charge < -0.3 is 10.1 Å². The van der Waals surface area contributed by atoms with Crippen LogP contribution in [0.5, 0.6) is 5.75 Å². The SMILES string of the molecule is CCC(CC)Nc1c(C)nc(-c2cc3c(cc2OC)C(=O)CC3)n(CC)c1=O. The Morgan fingerprint density at radius 3 is 2.46 bits per heavy atom. The molecule has 2 aromatic rings. The van der Waals surface area contributed by atoms with Crippen molar-refractivity contribution in [3.05, 3.63) is 39.3 Å². The Kier molecular flexibility index (Phi) is 5.87. The molecule has 28 heavy (non-hydrogen) atoms. The number of carbonyl (C=O) groups is 1. The molecule has 3 rings (SSSR count). The highest BCUT2D eigenvalue weighted by Crippen LogP contribution is 2.35. The number of hydrogen-bond acceptors (Lipinski definition) is 5. The van der Waals surface area contributed by atoms with E-state index in [0.717, 1.165) is 36.0 Å². The third-order valence-electron chi connectivity index (χ3n) is 5.59. The molecule has 0 bridgehead atoms. The summed E-state index contributed by atoms with van der Waals surface area (Å²) in [5.41, 5.74) is 3.64. The predicted octanol–water partition coefficient (Wildman–Crippen LogP) is 3.98. The van der Waals surface area contributed by atoms with Crippen LogP contribution in [0.2, 0.25) is 0 Å². The largest absolute Gasteiger partial charge is 0.496 e. The lowest BCUT2D eigenvalue weighted by Crippen LogP contribution is -2.30. The monoisotopic (exact) mass is 383 g/mol. The van der Waals surface area contributed by atoms with Gasteiger partial charge in [-0.05, 0) is 50.8 Å². The van der Waals surface area contributed by atoms with Crippen molar-refractivity contribution >= 4 is 11.5 Å². The second-order valence-electron chi connectivity index (χ2n) is 7.24. The minimum atomic E-state index is -0.0736. The maximum absolute atomic E-state index is 13.2. The van der Waals surface area contributed by atoms with Gasteiger partial charge in [-0.3, -0.25) is 14.2 Å². The van der Waals surface area contributed by atoms with Crippen molar-refractivity contribution in [2.24, 2.45) is 0 Å². The Morgan fingerprint density at radius 2 is 1.86 bits per heavy atom. The first kappa shape index (κ1) is 20.1. The number of aromatic nitrogens is 2. The smallest absolute Gasteiger partial charge is 0.277 e. The molecule has 6 heteroatoms. The van der Waals surface area contributed by atoms with Gasteiger partial charge in [0.1, 0.15) is 17.3 Å². The first-order valence-electron chi connectivity index (χ1n) is 10.1. The lowest BCUT2D eigenvalue weighted by atomic mass is 10.0. The van der Waals surface area contributed by atoms with E-state index in [2.05, 4.69) is 19.2 Å². The topological polar surface area (TPSA) is 73.2 Å². The van der Waals surface area contributed by atoms with Gasteiger partial charge in [-0.25, -0.2) is 4.98 Å². The summed E-state index contributed by atoms with van der Waals surface area (Å²) in [5.74, 6) is 1.30. The number of nitrogens with one attached hydrogen (secondary N) is 1. The molecular formula is C22H29N3O3. The summed E-state index contributed by atoms with van der Waals surface area (Å²) in [6, 6.07) is 3.99. The minimum Gasteiger partial charge on any atom is -0.496 e. The number of carbonyl (C=O) groups excluding carboxylic acids is 1. The number of ketones is 1. The van der Waals surface area contributed by atoms with Crippen LogP contribution in [0.1, 0.15) is 61.6 Å². The summed E-state index contributed by atoms with van der Waals surface area (Å²) in [5, 5.41) is 3.37. The van der Waals surface area contributed by atoms with Crippen LogP contribution in [-0.4, -0.2) is 28.5 Å². The molecule has 0 spiro atoms. The summed E-state index contributed by atoms with van der Waals surface area (Å²) in [6.45, 7) is 8.50. The molecule has 0 saturated heterocycles. The molecule has 1 aliphatic carbocycles. The Bertz CT molecular complexity index is 958. The number of aryl methyl sites for hydroxylation is 2. The molecule has 1 N–H and O–H groups in total. The highest BCUT2D eigenvalue weighted by molar-refractivity contribution is 6.01. The first-order valence-corrected chi connectivity index (χ1v) is 10.1. The van der Waals surface area contributed by atoms with Crippen molar-refractivity contribution in [2.75, 3.05) is 12.4 Å². The molecule has 0 aliphatic heterocycles. The third-order valence-corrected chi connectivity index (χ3v) is 5.59. The molecule has 150 valence electrons. The van der Waals surface area contributed by atoms with Gasteiger partial charge in [0.05, 0.1) is 18.4 Å². The van der Waals surface area contributed by atoms with Gasteiger partial charge in [0.15, 0.2) is 5.78 Å². The van der Waals surface area contributed by atoms with Gasteiger partial charge in [0.2, 0.25) is 0 Å². The zero-order valence-corrected chi connectivity index (χ0v) is 17.4. The normalized spacial score (nSPS) is 13.1. The zero-order valence-electron chi connectivity index (χ0n) is 17.4. The highest BCUT2D eigenvalue weighted by Gasteiger charge is 2.25. The number of anilines is 1. The van der Waals surface area contributed by atoms with E-state index in [1.54, 1.807) is 17.7 Å². The van der Waals surface area contributed by atoms with Crippen LogP contribution in [-0.2, 0) is 13.0 Å². The van der Waals surface area contributed by atoms with E-state index >= 15 is 0 Å². The summed E-state index contributed by atoms with van der Waals surface area (Å²) in [6.07, 6.45) is 3.12. The van der Waals surface area contributed by atoms with E-state index in [4.69, 9.17) is 9.72 Å². The van der Waals surface area contributed by atoms with Gasteiger partial charge in [0, 0.05) is 24.6 Å². The molecule has 1 aromatic heterocycles. The second-order valence-corrected chi connectivity index (χ2v) is 7.24. The van der Waals surface area contributed by atoms with Crippen molar-refractivity contribution in [1.29, 1.82) is 0 Å². The van der Waals surface area contributed by atoms with Crippen LogP contribution in [0, 0.1) is 6.92 Å². The number of rotatable bonds is 7. The highest BCUT2D eigenvalue weighted by atomic mass is 16.5. The summed E-state index contributed by atoms with van der Waals surface area (Å²) in [7, 11) is 1.58. The molecule has 0 amide bonds. The number of hydrogen-bond donors (Lipinski definition) is 1. The molecule has 0 atom stereocenters. The van der Waals surface area contributed by atoms with Gasteiger partial charge in [-0.2, -0.15) is 0 Å². The molecule has 0 radical (unpaired) electrons. The Morgan fingerprint density at radius 1 is 1.14 bits per heavy atom. The fraction of sp³-hybridized carbons (Fsp3) is 0.500. The van der Waals surface area contributed by atoms with Crippen LogP contribution >= 0.6 is 0 Å². The summed E-state index contributed by atoms with van der Waals surface area (Å²) < 4.78 is 7.24. The molecule has 1 heterocycles. The van der Waals surface area contributed by atoms with Crippen LogP contribution < -0.4 is 15.6 Å². The number of ether oxygens (including phenoxy) is 1. The Balaban J connectivity index is 2.18. The van der Waals surface area contributed by atoms with Crippen molar-refractivity contribution in [3.63, 3.8) is 0 Å². The second kappa shape index (κ2) is 8.17. The van der Waals surface area contributed by atoms with E-state index in [0.29, 0.717) is 35.9 Å². The zero-order chi connectivity index (χ0) is 20.4. The minimum absolute atomic E-state index is 0.0736. The van der Waals surface area contributed by atoms with Crippen molar-refractivity contribution in [3.8, 4) is 17.1 Å². The van der Waals surface area contributed by atoms with Crippen LogP contribution in [0.15, 0.2) is 16.9 Å². The van der Waals surface area contributed by atoms with Crippen LogP contribution in [0.25, 0.3) is 11.4 Å². The van der Waals surface area contributed by atoms with Gasteiger partial charge in [-0.1, -0.05) is 13.8 Å². The van der Waals surface area contributed by atoms with Crippen LogP contribution in [0.4, 0.5) is 5.69 Å². The third kappa shape index (κ3) is 3.43. The average Bonchev–Trinajstić information content (AvgIpc) is 3.06. The number of Topliss-reactive ketones (excluding diaryl/α,β-unsaturated/α-hetero) is 1. The number of benzene rings is 1. The molecule has 1 aromatic carbocycles. The Labute approximate surface area is 165 Å². The maximum Gasteiger partial charge on any atom is 0.277 e. The molecule has 1 aliphatic rings. The standard InChI is InChI=1S/C22H29N3O3/c1-6-15(7-2)24-20-13(4)23-21(25(8-3)22(20)27)17-11-14-9-10-18(26)16(14)12-19(17)28-5/h11-12,15,24H,6-10H2,1-5H3. The number of methoxy groups -OCH3 is 1. The van der Waals surface area contributed by atoms with Gasteiger partial charge >= 0.3 is 0 Å². The molecular weight excluding hydrogens is 354 g/mol. The van der Waals surface area contributed by atoms with E-state index in [1.807, 2.05) is 19.9 Å². The number of nitrogens with zero attached hydrogens (tertiary/aromatic N) is 2. The average molecular weight is 383 g/mol. The van der Waals surface area contributed by atoms with E-state index in [9.17, 15) is 9.59 Å². The Hall–Kier alpha value is -2.63. The van der Waals surface area contributed by atoms with Crippen LogP contribution in [0.3, 0.4) is 0 Å². The van der Waals surface area contributed by atoms with Crippen molar-refractivity contribution < 1.29 is 9.53 Å². The first-order chi connectivity index (χ1) is 13.4. The van der Waals surface area contributed by atoms with E-state index in [-0.39, 0.29) is 17.4 Å². The van der Waals surface area contributed by atoms with Gasteiger partial charge in [-0.15, -0.1) is 0 Å². The lowest BCUT2D eigenvalue weighted by molar-refractivity contribution is 0.0994. The lowest BCUT2D eigenvalue weighted by Gasteiger charge is -2.21. The fourth-order valence-corrected chi connectivity index (χ4v) is 3.84. The molecule has 0 saturated carbocycles. The van der Waals surface area contributed by atoms with Gasteiger partial charge in [0.25, 0.3) is 5.56 Å².